The molecule has 1 aliphatic rings. The molecule has 0 bridgehead atoms. The van der Waals surface area contributed by atoms with Crippen LogP contribution in [0, 0.1) is 0 Å². The van der Waals surface area contributed by atoms with Gasteiger partial charge in [-0.1, -0.05) is 38.3 Å². The first-order valence-corrected chi connectivity index (χ1v) is 9.59. The van der Waals surface area contributed by atoms with Gasteiger partial charge in [0.2, 0.25) is 0 Å². The Balaban J connectivity index is 0.00000288. The first kappa shape index (κ1) is 24.5. The van der Waals surface area contributed by atoms with Gasteiger partial charge in [0.15, 0.2) is 0 Å². The summed E-state index contributed by atoms with van der Waals surface area (Å²) in [5, 5.41) is 3.48. The maximum atomic E-state index is 3.48. The van der Waals surface area contributed by atoms with E-state index in [1.165, 1.54) is 50.0 Å². The Hall–Kier alpha value is -0.480. The fraction of sp³-hybridized carbons (Fsp3) is 0.700. The molecular weight excluding hydrogens is 353 g/mol. The normalized spacial score (nSPS) is 15.8. The van der Waals surface area contributed by atoms with Gasteiger partial charge in [0, 0.05) is 51.0 Å². The second-order valence-corrected chi connectivity index (χ2v) is 6.56. The lowest BCUT2D eigenvalue weighted by atomic mass is 9.97. The Labute approximate surface area is 167 Å². The molecule has 1 saturated heterocycles. The van der Waals surface area contributed by atoms with Crippen LogP contribution in [-0.2, 0) is 0 Å². The summed E-state index contributed by atoms with van der Waals surface area (Å²) in [5.41, 5.74) is 2.85. The predicted molar refractivity (Wildman–Crippen MR) is 116 cm³/mol. The molecule has 0 amide bonds. The predicted octanol–water partition coefficient (Wildman–Crippen LogP) is 4.90. The van der Waals surface area contributed by atoms with E-state index in [9.17, 15) is 0 Å². The number of benzene rings is 1. The second-order valence-electron chi connectivity index (χ2n) is 6.56. The number of nitrogens with zero attached hydrogens (tertiary/aromatic N) is 2. The van der Waals surface area contributed by atoms with Gasteiger partial charge < -0.3 is 10.2 Å². The fourth-order valence-corrected chi connectivity index (χ4v) is 3.64. The van der Waals surface area contributed by atoms with Crippen molar-refractivity contribution >= 4 is 30.5 Å². The van der Waals surface area contributed by atoms with Crippen molar-refractivity contribution in [1.82, 2.24) is 10.2 Å². The number of halogens is 2. The van der Waals surface area contributed by atoms with Crippen LogP contribution in [0.1, 0.15) is 58.1 Å². The number of nitrogens with one attached hydrogen (secondary N) is 1. The topological polar surface area (TPSA) is 18.5 Å². The number of rotatable bonds is 9. The molecule has 1 aromatic rings. The monoisotopic (exact) mass is 389 g/mol. The van der Waals surface area contributed by atoms with E-state index in [2.05, 4.69) is 60.2 Å². The Bertz CT molecular complexity index is 429. The SMILES string of the molecule is CCCCC[C@H](c1ccc(N(CC)CC)cc1)N1CCNCC1.Cl.Cl. The van der Waals surface area contributed by atoms with Crippen LogP contribution < -0.4 is 10.2 Å². The van der Waals surface area contributed by atoms with E-state index >= 15 is 0 Å². The van der Waals surface area contributed by atoms with Gasteiger partial charge in [0.25, 0.3) is 0 Å². The molecule has 1 aliphatic heterocycles. The van der Waals surface area contributed by atoms with E-state index in [1.807, 2.05) is 0 Å². The smallest absolute Gasteiger partial charge is 0.0366 e. The summed E-state index contributed by atoms with van der Waals surface area (Å²) in [7, 11) is 0. The standard InChI is InChI=1S/C20H35N3.2ClH/c1-4-7-8-9-20(23-16-14-21-15-17-23)18-10-12-19(13-11-18)22(5-2)6-3;;/h10-13,20-21H,4-9,14-17H2,1-3H3;2*1H/t20-;;/m1../s1. The Morgan fingerprint density at radius 3 is 2.08 bits per heavy atom. The lowest BCUT2D eigenvalue weighted by Crippen LogP contribution is -2.45. The van der Waals surface area contributed by atoms with Gasteiger partial charge in [-0.3, -0.25) is 4.90 Å². The Kier molecular flexibility index (Phi) is 13.4. The first-order valence-electron chi connectivity index (χ1n) is 9.59. The summed E-state index contributed by atoms with van der Waals surface area (Å²) in [6.45, 7) is 13.5. The molecule has 0 radical (unpaired) electrons. The minimum Gasteiger partial charge on any atom is -0.372 e. The van der Waals surface area contributed by atoms with E-state index in [-0.39, 0.29) is 24.8 Å². The molecule has 0 aliphatic carbocycles. The zero-order chi connectivity index (χ0) is 16.5. The minimum absolute atomic E-state index is 0. The number of hydrogen-bond acceptors (Lipinski definition) is 3. The molecule has 0 aromatic heterocycles. The van der Waals surface area contributed by atoms with E-state index < -0.39 is 0 Å². The lowest BCUT2D eigenvalue weighted by molar-refractivity contribution is 0.163. The number of unbranched alkanes of at least 4 members (excludes halogenated alkanes) is 2. The fourth-order valence-electron chi connectivity index (χ4n) is 3.64. The van der Waals surface area contributed by atoms with Crippen molar-refractivity contribution in [2.24, 2.45) is 0 Å². The highest BCUT2D eigenvalue weighted by Gasteiger charge is 2.21. The van der Waals surface area contributed by atoms with Crippen LogP contribution in [0.3, 0.4) is 0 Å². The molecule has 1 atom stereocenters. The number of anilines is 1. The van der Waals surface area contributed by atoms with Crippen molar-refractivity contribution < 1.29 is 0 Å². The van der Waals surface area contributed by atoms with Crippen LogP contribution in [0.15, 0.2) is 24.3 Å². The third kappa shape index (κ3) is 7.34. The summed E-state index contributed by atoms with van der Waals surface area (Å²) in [5.74, 6) is 0. The van der Waals surface area contributed by atoms with Crippen LogP contribution in [0.4, 0.5) is 5.69 Å². The molecule has 0 saturated carbocycles. The van der Waals surface area contributed by atoms with Crippen molar-refractivity contribution in [3.8, 4) is 0 Å². The highest BCUT2D eigenvalue weighted by Crippen LogP contribution is 2.28. The van der Waals surface area contributed by atoms with Gasteiger partial charge in [0.1, 0.15) is 0 Å². The quantitative estimate of drug-likeness (QED) is 0.605. The summed E-state index contributed by atoms with van der Waals surface area (Å²) in [6.07, 6.45) is 5.27. The van der Waals surface area contributed by atoms with Crippen molar-refractivity contribution in [2.75, 3.05) is 44.2 Å². The molecule has 1 heterocycles. The van der Waals surface area contributed by atoms with Gasteiger partial charge in [-0.2, -0.15) is 0 Å². The second kappa shape index (κ2) is 13.7. The van der Waals surface area contributed by atoms with Crippen molar-refractivity contribution in [1.29, 1.82) is 0 Å². The van der Waals surface area contributed by atoms with Gasteiger partial charge in [-0.15, -0.1) is 24.8 Å². The van der Waals surface area contributed by atoms with E-state index in [0.717, 1.165) is 26.2 Å². The zero-order valence-corrected chi connectivity index (χ0v) is 17.8. The summed E-state index contributed by atoms with van der Waals surface area (Å²) in [6, 6.07) is 9.96. The Morgan fingerprint density at radius 2 is 1.56 bits per heavy atom. The van der Waals surface area contributed by atoms with Gasteiger partial charge >= 0.3 is 0 Å². The summed E-state index contributed by atoms with van der Waals surface area (Å²) < 4.78 is 0. The zero-order valence-electron chi connectivity index (χ0n) is 16.2. The third-order valence-corrected chi connectivity index (χ3v) is 5.08. The average molecular weight is 390 g/mol. The molecule has 1 N–H and O–H groups in total. The summed E-state index contributed by atoms with van der Waals surface area (Å²) >= 11 is 0. The number of hydrogen-bond donors (Lipinski definition) is 1. The van der Waals surface area contributed by atoms with Crippen molar-refractivity contribution in [3.05, 3.63) is 29.8 Å². The average Bonchev–Trinajstić information content (AvgIpc) is 2.61. The molecule has 1 aromatic carbocycles. The van der Waals surface area contributed by atoms with Gasteiger partial charge in [-0.25, -0.2) is 0 Å². The van der Waals surface area contributed by atoms with Crippen LogP contribution >= 0.6 is 24.8 Å². The van der Waals surface area contributed by atoms with E-state index in [1.54, 1.807) is 0 Å². The highest BCUT2D eigenvalue weighted by atomic mass is 35.5. The molecule has 146 valence electrons. The summed E-state index contributed by atoms with van der Waals surface area (Å²) in [4.78, 5) is 5.10. The Morgan fingerprint density at radius 1 is 0.960 bits per heavy atom. The molecule has 0 unspecified atom stereocenters. The van der Waals surface area contributed by atoms with E-state index in [4.69, 9.17) is 0 Å². The van der Waals surface area contributed by atoms with E-state index in [0.29, 0.717) is 6.04 Å². The van der Waals surface area contributed by atoms with Gasteiger partial charge in [0.05, 0.1) is 0 Å². The van der Waals surface area contributed by atoms with Crippen molar-refractivity contribution in [3.63, 3.8) is 0 Å². The van der Waals surface area contributed by atoms with Crippen LogP contribution in [0.5, 0.6) is 0 Å². The first-order chi connectivity index (χ1) is 11.3. The molecule has 25 heavy (non-hydrogen) atoms. The van der Waals surface area contributed by atoms with Crippen LogP contribution in [-0.4, -0.2) is 44.2 Å². The maximum absolute atomic E-state index is 3.48. The third-order valence-electron chi connectivity index (χ3n) is 5.08. The van der Waals surface area contributed by atoms with Gasteiger partial charge in [-0.05, 0) is 38.0 Å². The van der Waals surface area contributed by atoms with Crippen LogP contribution in [0.25, 0.3) is 0 Å². The highest BCUT2D eigenvalue weighted by molar-refractivity contribution is 5.85. The van der Waals surface area contributed by atoms with Crippen molar-refractivity contribution in [2.45, 2.75) is 52.5 Å². The molecule has 5 heteroatoms. The van der Waals surface area contributed by atoms with Crippen LogP contribution in [0.2, 0.25) is 0 Å². The molecular formula is C20H37Cl2N3. The maximum Gasteiger partial charge on any atom is 0.0366 e. The lowest BCUT2D eigenvalue weighted by Gasteiger charge is -2.35. The number of piperazine rings is 1. The molecule has 0 spiro atoms. The largest absolute Gasteiger partial charge is 0.372 e. The molecule has 2 rings (SSSR count). The minimum atomic E-state index is 0. The molecule has 3 nitrogen and oxygen atoms in total. The molecule has 1 fully saturated rings.